The molecule has 1 heterocycles. The lowest BCUT2D eigenvalue weighted by atomic mass is 10.3. The average molecular weight is 238 g/mol. The first-order chi connectivity index (χ1) is 7.65. The lowest BCUT2D eigenvalue weighted by Crippen LogP contribution is -2.32. The summed E-state index contributed by atoms with van der Waals surface area (Å²) in [6, 6.07) is 0. The zero-order valence-electron chi connectivity index (χ0n) is 9.06. The molecule has 1 fully saturated rings. The van der Waals surface area contributed by atoms with Gasteiger partial charge in [-0.15, -0.1) is 0 Å². The first kappa shape index (κ1) is 11.2. The summed E-state index contributed by atoms with van der Waals surface area (Å²) in [5.74, 6) is 0.132. The first-order valence-corrected chi connectivity index (χ1v) is 6.29. The van der Waals surface area contributed by atoms with Crippen LogP contribution in [-0.2, 0) is 0 Å². The number of nitrogen functional groups attached to an aromatic ring is 1. The molecule has 0 saturated heterocycles. The summed E-state index contributed by atoms with van der Waals surface area (Å²) in [6.45, 7) is 0.694. The van der Waals surface area contributed by atoms with Gasteiger partial charge in [-0.3, -0.25) is 4.79 Å². The number of nitrogens with one attached hydrogen (secondary N) is 1. The number of hydrogen-bond donors (Lipinski definition) is 2. The molecule has 0 bridgehead atoms. The second kappa shape index (κ2) is 4.29. The molecule has 1 saturated carbocycles. The minimum Gasteiger partial charge on any atom is -0.382 e. The van der Waals surface area contributed by atoms with Gasteiger partial charge in [0.1, 0.15) is 11.5 Å². The number of thioether (sulfide) groups is 1. The number of carbonyl (C=O) groups is 1. The summed E-state index contributed by atoms with van der Waals surface area (Å²) < 4.78 is 0.261. The molecule has 0 aliphatic heterocycles. The molecule has 2 rings (SSSR count). The molecular formula is C10H14N4OS. The van der Waals surface area contributed by atoms with Gasteiger partial charge in [0, 0.05) is 11.3 Å². The molecule has 0 radical (unpaired) electrons. The van der Waals surface area contributed by atoms with E-state index in [-0.39, 0.29) is 10.7 Å². The van der Waals surface area contributed by atoms with Crippen LogP contribution in [0.3, 0.4) is 0 Å². The molecule has 0 aromatic carbocycles. The topological polar surface area (TPSA) is 80.9 Å². The molecule has 6 heteroatoms. The molecule has 1 aromatic rings. The van der Waals surface area contributed by atoms with E-state index in [1.54, 1.807) is 0 Å². The van der Waals surface area contributed by atoms with Crippen LogP contribution in [0, 0.1) is 0 Å². The number of nitrogens with zero attached hydrogens (tertiary/aromatic N) is 2. The molecule has 3 N–H and O–H groups in total. The normalized spacial score (nSPS) is 16.8. The van der Waals surface area contributed by atoms with Crippen molar-refractivity contribution in [1.82, 2.24) is 15.3 Å². The van der Waals surface area contributed by atoms with Crippen molar-refractivity contribution in [2.24, 2.45) is 0 Å². The number of aromatic nitrogens is 2. The second-order valence-corrected chi connectivity index (χ2v) is 5.17. The number of amides is 1. The minimum absolute atomic E-state index is 0.187. The fourth-order valence-electron chi connectivity index (χ4n) is 1.38. The van der Waals surface area contributed by atoms with Gasteiger partial charge >= 0.3 is 0 Å². The maximum atomic E-state index is 11.7. The number of nitrogens with two attached hydrogens (primary N) is 1. The number of rotatable bonds is 4. The Labute approximate surface area is 98.2 Å². The Kier molecular flexibility index (Phi) is 3.00. The number of anilines is 1. The van der Waals surface area contributed by atoms with Crippen LogP contribution in [0.5, 0.6) is 0 Å². The van der Waals surface area contributed by atoms with Gasteiger partial charge in [0.05, 0.1) is 12.4 Å². The van der Waals surface area contributed by atoms with E-state index in [9.17, 15) is 4.79 Å². The highest BCUT2D eigenvalue weighted by Gasteiger charge is 2.41. The lowest BCUT2D eigenvalue weighted by molar-refractivity contribution is 0.0947. The van der Waals surface area contributed by atoms with E-state index in [1.165, 1.54) is 25.2 Å². The Bertz CT molecular complexity index is 388. The van der Waals surface area contributed by atoms with Crippen molar-refractivity contribution < 1.29 is 4.79 Å². The summed E-state index contributed by atoms with van der Waals surface area (Å²) in [4.78, 5) is 19.4. The van der Waals surface area contributed by atoms with Crippen molar-refractivity contribution in [1.29, 1.82) is 0 Å². The van der Waals surface area contributed by atoms with Crippen molar-refractivity contribution in [3.8, 4) is 0 Å². The van der Waals surface area contributed by atoms with Crippen LogP contribution in [0.1, 0.15) is 23.3 Å². The van der Waals surface area contributed by atoms with E-state index >= 15 is 0 Å². The summed E-state index contributed by atoms with van der Waals surface area (Å²) in [7, 11) is 0. The van der Waals surface area contributed by atoms with Crippen LogP contribution in [-0.4, -0.2) is 33.4 Å². The van der Waals surface area contributed by atoms with Crippen LogP contribution in [0.4, 0.5) is 5.82 Å². The zero-order valence-corrected chi connectivity index (χ0v) is 9.88. The van der Waals surface area contributed by atoms with Crippen LogP contribution in [0.15, 0.2) is 12.4 Å². The molecule has 1 aliphatic rings. The molecule has 5 nitrogen and oxygen atoms in total. The summed E-state index contributed by atoms with van der Waals surface area (Å²) in [5, 5.41) is 2.87. The maximum Gasteiger partial charge on any atom is 0.271 e. The van der Waals surface area contributed by atoms with Crippen LogP contribution in [0.25, 0.3) is 0 Å². The molecular weight excluding hydrogens is 224 g/mol. The Hall–Kier alpha value is -1.30. The Morgan fingerprint density at radius 3 is 2.81 bits per heavy atom. The van der Waals surface area contributed by atoms with E-state index < -0.39 is 0 Å². The van der Waals surface area contributed by atoms with Crippen molar-refractivity contribution in [2.45, 2.75) is 17.6 Å². The highest BCUT2D eigenvalue weighted by Crippen LogP contribution is 2.46. The SMILES string of the molecule is CSC1(CNC(=O)c2cnc(N)cn2)CC1. The van der Waals surface area contributed by atoms with Gasteiger partial charge in [-0.05, 0) is 19.1 Å². The van der Waals surface area contributed by atoms with E-state index in [2.05, 4.69) is 21.5 Å². The Morgan fingerprint density at radius 2 is 2.31 bits per heavy atom. The van der Waals surface area contributed by atoms with Crippen LogP contribution in [0.2, 0.25) is 0 Å². The van der Waals surface area contributed by atoms with Gasteiger partial charge < -0.3 is 11.1 Å². The van der Waals surface area contributed by atoms with Gasteiger partial charge in [0.25, 0.3) is 5.91 Å². The van der Waals surface area contributed by atoms with Crippen LogP contribution < -0.4 is 11.1 Å². The molecule has 0 atom stereocenters. The Balaban J connectivity index is 1.91. The molecule has 86 valence electrons. The smallest absolute Gasteiger partial charge is 0.271 e. The van der Waals surface area contributed by atoms with Gasteiger partial charge in [-0.25, -0.2) is 9.97 Å². The quantitative estimate of drug-likeness (QED) is 0.806. The molecule has 0 unspecified atom stereocenters. The van der Waals surface area contributed by atoms with E-state index in [0.717, 1.165) is 0 Å². The van der Waals surface area contributed by atoms with Gasteiger partial charge in [0.2, 0.25) is 0 Å². The van der Waals surface area contributed by atoms with E-state index in [1.807, 2.05) is 11.8 Å². The highest BCUT2D eigenvalue weighted by atomic mass is 32.2. The first-order valence-electron chi connectivity index (χ1n) is 5.06. The third kappa shape index (κ3) is 2.44. The average Bonchev–Trinajstić information content (AvgIpc) is 3.08. The van der Waals surface area contributed by atoms with Gasteiger partial charge in [-0.2, -0.15) is 11.8 Å². The number of hydrogen-bond acceptors (Lipinski definition) is 5. The molecule has 1 amide bonds. The standard InChI is InChI=1S/C10H14N4OS/c1-16-10(2-3-10)6-14-9(15)7-4-13-8(11)5-12-7/h4-5H,2-3,6H2,1H3,(H2,11,13)(H,14,15). The van der Waals surface area contributed by atoms with Crippen LogP contribution >= 0.6 is 11.8 Å². The lowest BCUT2D eigenvalue weighted by Gasteiger charge is -2.12. The predicted octanol–water partition coefficient (Wildman–Crippen LogP) is 0.684. The summed E-state index contributed by atoms with van der Waals surface area (Å²) >= 11 is 1.81. The third-order valence-corrected chi connectivity index (χ3v) is 4.13. The summed E-state index contributed by atoms with van der Waals surface area (Å²) in [5.41, 5.74) is 5.70. The zero-order chi connectivity index (χ0) is 11.6. The fraction of sp³-hybridized carbons (Fsp3) is 0.500. The van der Waals surface area contributed by atoms with Crippen molar-refractivity contribution in [3.63, 3.8) is 0 Å². The largest absolute Gasteiger partial charge is 0.382 e. The second-order valence-electron chi connectivity index (χ2n) is 3.90. The summed E-state index contributed by atoms with van der Waals surface area (Å²) in [6.07, 6.45) is 7.19. The molecule has 1 aliphatic carbocycles. The predicted molar refractivity (Wildman–Crippen MR) is 64.3 cm³/mol. The van der Waals surface area contributed by atoms with E-state index in [0.29, 0.717) is 18.1 Å². The molecule has 0 spiro atoms. The maximum absolute atomic E-state index is 11.7. The van der Waals surface area contributed by atoms with Crippen molar-refractivity contribution >= 4 is 23.5 Å². The number of carbonyl (C=O) groups excluding carboxylic acids is 1. The Morgan fingerprint density at radius 1 is 1.56 bits per heavy atom. The van der Waals surface area contributed by atoms with Crippen molar-refractivity contribution in [2.75, 3.05) is 18.5 Å². The fourth-order valence-corrected chi connectivity index (χ4v) is 2.11. The van der Waals surface area contributed by atoms with E-state index in [4.69, 9.17) is 5.73 Å². The van der Waals surface area contributed by atoms with Crippen molar-refractivity contribution in [3.05, 3.63) is 18.1 Å². The van der Waals surface area contributed by atoms with Gasteiger partial charge in [-0.1, -0.05) is 0 Å². The monoisotopic (exact) mass is 238 g/mol. The minimum atomic E-state index is -0.187. The third-order valence-electron chi connectivity index (χ3n) is 2.72. The molecule has 16 heavy (non-hydrogen) atoms. The highest BCUT2D eigenvalue weighted by molar-refractivity contribution is 8.00. The molecule has 1 aromatic heterocycles. The van der Waals surface area contributed by atoms with Gasteiger partial charge in [0.15, 0.2) is 0 Å².